The first-order valence-electron chi connectivity index (χ1n) is 4.84. The summed E-state index contributed by atoms with van der Waals surface area (Å²) < 4.78 is 22.6. The van der Waals surface area contributed by atoms with Gasteiger partial charge in [0.05, 0.1) is 11.5 Å². The standard InChI is InChI=1S/C9H19NO2S/c1-3-9(2,7-10)8-4-5-13(11,12)6-8/h8H,3-7,10H2,1-2H3. The summed E-state index contributed by atoms with van der Waals surface area (Å²) >= 11 is 0. The van der Waals surface area contributed by atoms with Crippen molar-refractivity contribution in [1.82, 2.24) is 0 Å². The molecule has 0 bridgehead atoms. The summed E-state index contributed by atoms with van der Waals surface area (Å²) in [6.45, 7) is 4.76. The van der Waals surface area contributed by atoms with Crippen molar-refractivity contribution in [3.05, 3.63) is 0 Å². The number of rotatable bonds is 3. The lowest BCUT2D eigenvalue weighted by atomic mass is 9.75. The molecule has 1 heterocycles. The molecule has 1 fully saturated rings. The lowest BCUT2D eigenvalue weighted by molar-refractivity contribution is 0.208. The lowest BCUT2D eigenvalue weighted by Gasteiger charge is -2.32. The van der Waals surface area contributed by atoms with E-state index >= 15 is 0 Å². The molecular formula is C9H19NO2S. The zero-order chi connectivity index (χ0) is 10.1. The highest BCUT2D eigenvalue weighted by Gasteiger charge is 2.39. The van der Waals surface area contributed by atoms with Crippen LogP contribution >= 0.6 is 0 Å². The summed E-state index contributed by atoms with van der Waals surface area (Å²) in [4.78, 5) is 0. The van der Waals surface area contributed by atoms with Crippen LogP contribution in [-0.4, -0.2) is 26.5 Å². The summed E-state index contributed by atoms with van der Waals surface area (Å²) in [5, 5.41) is 0. The zero-order valence-corrected chi connectivity index (χ0v) is 9.23. The van der Waals surface area contributed by atoms with Crippen molar-refractivity contribution in [2.24, 2.45) is 17.1 Å². The maximum Gasteiger partial charge on any atom is 0.150 e. The molecule has 13 heavy (non-hydrogen) atoms. The average molecular weight is 205 g/mol. The highest BCUT2D eigenvalue weighted by Crippen LogP contribution is 2.37. The van der Waals surface area contributed by atoms with E-state index in [0.29, 0.717) is 18.1 Å². The van der Waals surface area contributed by atoms with Gasteiger partial charge in [0, 0.05) is 0 Å². The molecule has 2 unspecified atom stereocenters. The Kier molecular flexibility index (Phi) is 3.02. The first-order chi connectivity index (χ1) is 5.93. The fourth-order valence-corrected chi connectivity index (χ4v) is 3.94. The average Bonchev–Trinajstić information content (AvgIpc) is 2.45. The van der Waals surface area contributed by atoms with Crippen molar-refractivity contribution in [1.29, 1.82) is 0 Å². The van der Waals surface area contributed by atoms with Crippen molar-refractivity contribution in [3.63, 3.8) is 0 Å². The molecule has 0 aliphatic carbocycles. The molecule has 1 saturated heterocycles. The van der Waals surface area contributed by atoms with Gasteiger partial charge in [-0.3, -0.25) is 0 Å². The second-order valence-corrected chi connectivity index (χ2v) is 6.54. The highest BCUT2D eigenvalue weighted by molar-refractivity contribution is 7.91. The Balaban J connectivity index is 2.75. The Labute approximate surface area is 80.6 Å². The summed E-state index contributed by atoms with van der Waals surface area (Å²) in [5.74, 6) is 0.967. The molecule has 78 valence electrons. The van der Waals surface area contributed by atoms with E-state index in [1.54, 1.807) is 0 Å². The van der Waals surface area contributed by atoms with Gasteiger partial charge in [0.1, 0.15) is 0 Å². The number of hydrogen-bond donors (Lipinski definition) is 1. The number of nitrogens with two attached hydrogens (primary N) is 1. The SMILES string of the molecule is CCC(C)(CN)C1CCS(=O)(=O)C1. The molecule has 0 amide bonds. The second-order valence-electron chi connectivity index (χ2n) is 4.31. The fraction of sp³-hybridized carbons (Fsp3) is 1.00. The maximum atomic E-state index is 11.3. The van der Waals surface area contributed by atoms with E-state index in [2.05, 4.69) is 13.8 Å². The van der Waals surface area contributed by atoms with E-state index in [9.17, 15) is 8.42 Å². The van der Waals surface area contributed by atoms with Crippen LogP contribution in [0.15, 0.2) is 0 Å². The number of sulfone groups is 1. The minimum atomic E-state index is -2.75. The maximum absolute atomic E-state index is 11.3. The fourth-order valence-electron chi connectivity index (χ4n) is 1.94. The predicted molar refractivity (Wildman–Crippen MR) is 54.2 cm³/mol. The Bertz CT molecular complexity index is 267. The Hall–Kier alpha value is -0.0900. The van der Waals surface area contributed by atoms with Crippen LogP contribution in [0.3, 0.4) is 0 Å². The molecule has 0 spiro atoms. The smallest absolute Gasteiger partial charge is 0.150 e. The molecule has 1 aliphatic rings. The van der Waals surface area contributed by atoms with Gasteiger partial charge in [-0.25, -0.2) is 8.42 Å². The van der Waals surface area contributed by atoms with E-state index in [1.165, 1.54) is 0 Å². The van der Waals surface area contributed by atoms with Crippen molar-refractivity contribution in [3.8, 4) is 0 Å². The van der Waals surface area contributed by atoms with Gasteiger partial charge in [-0.1, -0.05) is 13.8 Å². The topological polar surface area (TPSA) is 60.2 Å². The first-order valence-corrected chi connectivity index (χ1v) is 6.66. The predicted octanol–water partition coefficient (Wildman–Crippen LogP) is 0.796. The minimum absolute atomic E-state index is 0.0174. The molecule has 2 N–H and O–H groups in total. The molecule has 0 saturated carbocycles. The van der Waals surface area contributed by atoms with Crippen LogP contribution in [0.4, 0.5) is 0 Å². The summed E-state index contributed by atoms with van der Waals surface area (Å²) in [6.07, 6.45) is 1.76. The molecule has 3 nitrogen and oxygen atoms in total. The van der Waals surface area contributed by atoms with Crippen LogP contribution in [-0.2, 0) is 9.84 Å². The van der Waals surface area contributed by atoms with Gasteiger partial charge in [-0.05, 0) is 30.7 Å². The van der Waals surface area contributed by atoms with E-state index < -0.39 is 9.84 Å². The van der Waals surface area contributed by atoms with Gasteiger partial charge in [-0.2, -0.15) is 0 Å². The Morgan fingerprint density at radius 3 is 2.46 bits per heavy atom. The van der Waals surface area contributed by atoms with E-state index in [1.807, 2.05) is 0 Å². The van der Waals surface area contributed by atoms with Gasteiger partial charge in [-0.15, -0.1) is 0 Å². The van der Waals surface area contributed by atoms with Gasteiger partial charge in [0.25, 0.3) is 0 Å². The summed E-state index contributed by atoms with van der Waals surface area (Å²) in [5.41, 5.74) is 5.71. The normalized spacial score (nSPS) is 31.5. The molecule has 1 rings (SSSR count). The lowest BCUT2D eigenvalue weighted by Crippen LogP contribution is -2.35. The molecule has 0 aromatic carbocycles. The summed E-state index contributed by atoms with van der Waals surface area (Å²) in [6, 6.07) is 0. The van der Waals surface area contributed by atoms with Crippen molar-refractivity contribution < 1.29 is 8.42 Å². The van der Waals surface area contributed by atoms with Crippen molar-refractivity contribution in [2.45, 2.75) is 26.7 Å². The van der Waals surface area contributed by atoms with Crippen molar-refractivity contribution in [2.75, 3.05) is 18.1 Å². The van der Waals surface area contributed by atoms with E-state index in [4.69, 9.17) is 5.73 Å². The van der Waals surface area contributed by atoms with E-state index in [0.717, 1.165) is 12.8 Å². The highest BCUT2D eigenvalue weighted by atomic mass is 32.2. The molecule has 4 heteroatoms. The zero-order valence-electron chi connectivity index (χ0n) is 8.41. The van der Waals surface area contributed by atoms with Crippen LogP contribution in [0.5, 0.6) is 0 Å². The Morgan fingerprint density at radius 1 is 1.54 bits per heavy atom. The van der Waals surface area contributed by atoms with Crippen LogP contribution in [0, 0.1) is 11.3 Å². The molecular weight excluding hydrogens is 186 g/mol. The van der Waals surface area contributed by atoms with Crippen LogP contribution in [0.25, 0.3) is 0 Å². The van der Waals surface area contributed by atoms with Crippen LogP contribution in [0.1, 0.15) is 26.7 Å². The third-order valence-corrected chi connectivity index (χ3v) is 5.26. The third kappa shape index (κ3) is 2.23. The largest absolute Gasteiger partial charge is 0.330 e. The molecule has 2 atom stereocenters. The Morgan fingerprint density at radius 2 is 2.15 bits per heavy atom. The minimum Gasteiger partial charge on any atom is -0.330 e. The van der Waals surface area contributed by atoms with E-state index in [-0.39, 0.29) is 11.3 Å². The third-order valence-electron chi connectivity index (χ3n) is 3.49. The second kappa shape index (κ2) is 3.58. The number of hydrogen-bond acceptors (Lipinski definition) is 3. The van der Waals surface area contributed by atoms with Gasteiger partial charge in [0.2, 0.25) is 0 Å². The monoisotopic (exact) mass is 205 g/mol. The molecule has 0 radical (unpaired) electrons. The van der Waals surface area contributed by atoms with Crippen LogP contribution in [0.2, 0.25) is 0 Å². The van der Waals surface area contributed by atoms with Crippen LogP contribution < -0.4 is 5.73 Å². The quantitative estimate of drug-likeness (QED) is 0.741. The van der Waals surface area contributed by atoms with Crippen molar-refractivity contribution >= 4 is 9.84 Å². The van der Waals surface area contributed by atoms with Gasteiger partial charge in [0.15, 0.2) is 9.84 Å². The molecule has 0 aromatic rings. The molecule has 0 aromatic heterocycles. The first kappa shape index (κ1) is 11.0. The molecule has 1 aliphatic heterocycles. The van der Waals surface area contributed by atoms with Gasteiger partial charge >= 0.3 is 0 Å². The summed E-state index contributed by atoms with van der Waals surface area (Å²) in [7, 11) is -2.75. The van der Waals surface area contributed by atoms with Gasteiger partial charge < -0.3 is 5.73 Å².